The summed E-state index contributed by atoms with van der Waals surface area (Å²) in [7, 11) is -1.55. The summed E-state index contributed by atoms with van der Waals surface area (Å²) in [5.41, 5.74) is 0. The van der Waals surface area contributed by atoms with Crippen molar-refractivity contribution in [3.05, 3.63) is 0 Å². The first-order valence-electron chi connectivity index (χ1n) is 5.26. The van der Waals surface area contributed by atoms with Crippen LogP contribution in [0.15, 0.2) is 0 Å². The molecule has 0 aromatic heterocycles. The zero-order valence-corrected chi connectivity index (χ0v) is 10.00. The first-order chi connectivity index (χ1) is 7.53. The van der Waals surface area contributed by atoms with Gasteiger partial charge < -0.3 is 15.0 Å². The quantitative estimate of drug-likeness (QED) is 0.626. The number of hydrogen-bond donors (Lipinski definition) is 1. The molecular formula is C9H16N2O4S. The van der Waals surface area contributed by atoms with Crippen LogP contribution in [0, 0.1) is 0 Å². The predicted octanol–water partition coefficient (Wildman–Crippen LogP) is -1.77. The molecule has 0 unspecified atom stereocenters. The Balaban J connectivity index is 2.13. The largest absolute Gasteiger partial charge is 0.375 e. The van der Waals surface area contributed by atoms with Crippen LogP contribution < -0.4 is 5.32 Å². The summed E-state index contributed by atoms with van der Waals surface area (Å²) in [4.78, 5) is 13.4. The first kappa shape index (κ1) is 11.8. The average molecular weight is 248 g/mol. The molecule has 0 aromatic rings. The summed E-state index contributed by atoms with van der Waals surface area (Å²) in [6.07, 6.45) is 0. The molecule has 0 aromatic carbocycles. The maximum Gasteiger partial charge on any atom is 0.248 e. The van der Waals surface area contributed by atoms with Gasteiger partial charge in [-0.15, -0.1) is 0 Å². The van der Waals surface area contributed by atoms with E-state index in [1.165, 1.54) is 7.11 Å². The highest BCUT2D eigenvalue weighted by atomic mass is 32.2. The van der Waals surface area contributed by atoms with Crippen molar-refractivity contribution < 1.29 is 17.9 Å². The van der Waals surface area contributed by atoms with Crippen molar-refractivity contribution in [2.24, 2.45) is 0 Å². The van der Waals surface area contributed by atoms with Crippen LogP contribution in [0.3, 0.4) is 0 Å². The summed E-state index contributed by atoms with van der Waals surface area (Å²) in [6, 6.07) is -0.332. The second-order valence-electron chi connectivity index (χ2n) is 4.23. The molecule has 0 saturated carbocycles. The van der Waals surface area contributed by atoms with E-state index >= 15 is 0 Å². The Labute approximate surface area is 94.9 Å². The number of sulfone groups is 1. The smallest absolute Gasteiger partial charge is 0.248 e. The Morgan fingerprint density at radius 3 is 2.94 bits per heavy atom. The molecular weight excluding hydrogens is 232 g/mol. The minimum atomic E-state index is -3.01. The number of carbonyl (C=O) groups is 1. The Kier molecular flexibility index (Phi) is 3.18. The number of hydrogen-bond acceptors (Lipinski definition) is 5. The molecule has 2 rings (SSSR count). The van der Waals surface area contributed by atoms with Crippen LogP contribution in [0.25, 0.3) is 0 Å². The van der Waals surface area contributed by atoms with Gasteiger partial charge in [0, 0.05) is 26.2 Å². The molecule has 0 spiro atoms. The average Bonchev–Trinajstić information content (AvgIpc) is 2.51. The molecule has 1 amide bonds. The molecule has 0 bridgehead atoms. The fourth-order valence-electron chi connectivity index (χ4n) is 2.38. The van der Waals surface area contributed by atoms with Gasteiger partial charge in [-0.2, -0.15) is 0 Å². The lowest BCUT2D eigenvalue weighted by Crippen LogP contribution is -2.59. The third kappa shape index (κ3) is 2.21. The lowest BCUT2D eigenvalue weighted by Gasteiger charge is -2.37. The van der Waals surface area contributed by atoms with Crippen LogP contribution in [0.5, 0.6) is 0 Å². The highest BCUT2D eigenvalue weighted by molar-refractivity contribution is 7.91. The van der Waals surface area contributed by atoms with Crippen LogP contribution in [0.2, 0.25) is 0 Å². The second-order valence-corrected chi connectivity index (χ2v) is 6.38. The highest BCUT2D eigenvalue weighted by Gasteiger charge is 2.44. The normalized spacial score (nSPS) is 32.4. The lowest BCUT2D eigenvalue weighted by atomic mass is 10.1. The topological polar surface area (TPSA) is 75.7 Å². The predicted molar refractivity (Wildman–Crippen MR) is 57.8 cm³/mol. The van der Waals surface area contributed by atoms with Gasteiger partial charge in [-0.1, -0.05) is 0 Å². The van der Waals surface area contributed by atoms with Crippen molar-refractivity contribution in [2.75, 3.05) is 38.3 Å². The van der Waals surface area contributed by atoms with Gasteiger partial charge in [-0.25, -0.2) is 8.42 Å². The number of piperazine rings is 1. The summed E-state index contributed by atoms with van der Waals surface area (Å²) >= 11 is 0. The van der Waals surface area contributed by atoms with Gasteiger partial charge in [-0.05, 0) is 0 Å². The number of nitrogens with zero attached hydrogens (tertiary/aromatic N) is 1. The molecule has 0 aliphatic carbocycles. The zero-order chi connectivity index (χ0) is 11.8. The van der Waals surface area contributed by atoms with Crippen molar-refractivity contribution in [1.82, 2.24) is 10.2 Å². The van der Waals surface area contributed by atoms with E-state index in [0.717, 1.165) is 0 Å². The molecule has 1 N–H and O–H groups in total. The van der Waals surface area contributed by atoms with Gasteiger partial charge >= 0.3 is 0 Å². The first-order valence-corrected chi connectivity index (χ1v) is 7.08. The second kappa shape index (κ2) is 4.31. The third-order valence-electron chi connectivity index (χ3n) is 3.07. The van der Waals surface area contributed by atoms with Gasteiger partial charge in [-0.3, -0.25) is 4.79 Å². The number of carbonyl (C=O) groups excluding carboxylic acids is 1. The van der Waals surface area contributed by atoms with Gasteiger partial charge in [0.25, 0.3) is 0 Å². The fourth-order valence-corrected chi connectivity index (χ4v) is 4.34. The number of ether oxygens (including phenoxy) is 1. The lowest BCUT2D eigenvalue weighted by molar-refractivity contribution is -0.138. The van der Waals surface area contributed by atoms with Crippen molar-refractivity contribution in [2.45, 2.75) is 12.1 Å². The zero-order valence-electron chi connectivity index (χ0n) is 9.18. The van der Waals surface area contributed by atoms with Crippen LogP contribution in [-0.4, -0.2) is 69.6 Å². The molecule has 2 aliphatic rings. The van der Waals surface area contributed by atoms with E-state index in [1.54, 1.807) is 4.90 Å². The molecule has 2 fully saturated rings. The van der Waals surface area contributed by atoms with E-state index in [1.807, 2.05) is 0 Å². The van der Waals surface area contributed by atoms with Gasteiger partial charge in [0.15, 0.2) is 9.84 Å². The van der Waals surface area contributed by atoms with E-state index in [4.69, 9.17) is 4.74 Å². The molecule has 92 valence electrons. The maximum absolute atomic E-state index is 11.7. The van der Waals surface area contributed by atoms with Crippen LogP contribution >= 0.6 is 0 Å². The van der Waals surface area contributed by atoms with Crippen LogP contribution in [-0.2, 0) is 19.4 Å². The highest BCUT2D eigenvalue weighted by Crippen LogP contribution is 2.21. The third-order valence-corrected chi connectivity index (χ3v) is 4.79. The van der Waals surface area contributed by atoms with Crippen molar-refractivity contribution in [3.8, 4) is 0 Å². The van der Waals surface area contributed by atoms with Crippen LogP contribution in [0.4, 0.5) is 0 Å². The summed E-state index contributed by atoms with van der Waals surface area (Å²) in [5, 5.41) is 3.15. The maximum atomic E-state index is 11.7. The number of nitrogens with one attached hydrogen (secondary N) is 1. The van der Waals surface area contributed by atoms with E-state index in [2.05, 4.69) is 5.32 Å². The Bertz CT molecular complexity index is 381. The van der Waals surface area contributed by atoms with Gasteiger partial charge in [0.05, 0.1) is 17.5 Å². The minimum absolute atomic E-state index is 0.0171. The number of amides is 1. The Hall–Kier alpha value is -0.660. The Morgan fingerprint density at radius 2 is 2.25 bits per heavy atom. The standard InChI is InChI=1S/C9H16N2O4S/c1-15-4-9(12)11-3-2-10-7-5-16(13,14)6-8(7)11/h7-8,10H,2-6H2,1H3/t7-,8+/m0/s1. The van der Waals surface area contributed by atoms with E-state index < -0.39 is 9.84 Å². The fraction of sp³-hybridized carbons (Fsp3) is 0.889. The van der Waals surface area contributed by atoms with Crippen LogP contribution in [0.1, 0.15) is 0 Å². The van der Waals surface area contributed by atoms with E-state index in [-0.39, 0.29) is 36.1 Å². The molecule has 0 radical (unpaired) electrons. The Morgan fingerprint density at radius 1 is 1.50 bits per heavy atom. The molecule has 7 heteroatoms. The van der Waals surface area contributed by atoms with Gasteiger partial charge in [0.2, 0.25) is 5.91 Å². The number of rotatable bonds is 2. The SMILES string of the molecule is COCC(=O)N1CCN[C@H]2CS(=O)(=O)C[C@H]21. The number of methoxy groups -OCH3 is 1. The minimum Gasteiger partial charge on any atom is -0.375 e. The monoisotopic (exact) mass is 248 g/mol. The van der Waals surface area contributed by atoms with E-state index in [0.29, 0.717) is 13.1 Å². The van der Waals surface area contributed by atoms with Crippen molar-refractivity contribution in [1.29, 1.82) is 0 Å². The van der Waals surface area contributed by atoms with E-state index in [9.17, 15) is 13.2 Å². The summed E-state index contributed by atoms with van der Waals surface area (Å²) < 4.78 is 27.8. The molecule has 2 atom stereocenters. The summed E-state index contributed by atoms with van der Waals surface area (Å²) in [5.74, 6) is 0.0743. The molecule has 6 nitrogen and oxygen atoms in total. The molecule has 2 aliphatic heterocycles. The molecule has 2 saturated heterocycles. The molecule has 16 heavy (non-hydrogen) atoms. The van der Waals surface area contributed by atoms with Crippen molar-refractivity contribution >= 4 is 15.7 Å². The summed E-state index contributed by atoms with van der Waals surface area (Å²) in [6.45, 7) is 1.22. The number of fused-ring (bicyclic) bond motifs is 1. The van der Waals surface area contributed by atoms with Crippen molar-refractivity contribution in [3.63, 3.8) is 0 Å². The molecule has 2 heterocycles. The van der Waals surface area contributed by atoms with Gasteiger partial charge in [0.1, 0.15) is 6.61 Å².